The molecular weight excluding hydrogens is 369 g/mol. The van der Waals surface area contributed by atoms with E-state index in [0.29, 0.717) is 15.8 Å². The van der Waals surface area contributed by atoms with Crippen LogP contribution in [0.15, 0.2) is 58.8 Å². The van der Waals surface area contributed by atoms with Crippen LogP contribution < -0.4 is 17.0 Å². The smallest absolute Gasteiger partial charge is 0.355 e. The van der Waals surface area contributed by atoms with Crippen molar-refractivity contribution in [3.05, 3.63) is 63.9 Å². The number of hydrazine groups is 1. The monoisotopic (exact) mass is 383 g/mol. The van der Waals surface area contributed by atoms with E-state index in [4.69, 9.17) is 39.9 Å². The Balaban J connectivity index is 2.10. The van der Waals surface area contributed by atoms with Crippen molar-refractivity contribution >= 4 is 40.9 Å². The van der Waals surface area contributed by atoms with Crippen molar-refractivity contribution in [3.8, 4) is 11.1 Å². The van der Waals surface area contributed by atoms with E-state index in [1.165, 1.54) is 11.8 Å². The lowest BCUT2D eigenvalue weighted by Crippen LogP contribution is -2.30. The van der Waals surface area contributed by atoms with Gasteiger partial charge in [0.15, 0.2) is 5.70 Å². The van der Waals surface area contributed by atoms with E-state index in [9.17, 15) is 4.79 Å². The van der Waals surface area contributed by atoms with Crippen LogP contribution >= 0.6 is 35.0 Å². The predicted molar refractivity (Wildman–Crippen MR) is 98.8 cm³/mol. The number of carboxylic acids is 1. The zero-order chi connectivity index (χ0) is 17.7. The molecule has 0 saturated carbocycles. The fourth-order valence-corrected chi connectivity index (χ4v) is 3.04. The number of benzene rings is 2. The molecule has 2 aromatic carbocycles. The van der Waals surface area contributed by atoms with Crippen LogP contribution in [0, 0.1) is 0 Å². The Bertz CT molecular complexity index is 779. The van der Waals surface area contributed by atoms with Crippen molar-refractivity contribution in [1.82, 2.24) is 5.43 Å². The van der Waals surface area contributed by atoms with Gasteiger partial charge in [-0.1, -0.05) is 41.4 Å². The maximum absolute atomic E-state index is 10.9. The van der Waals surface area contributed by atoms with Gasteiger partial charge in [0.1, 0.15) is 0 Å². The van der Waals surface area contributed by atoms with E-state index in [1.807, 2.05) is 30.3 Å². The second-order valence-corrected chi connectivity index (χ2v) is 6.65. The number of aliphatic carboxylic acids is 1. The number of halogens is 2. The van der Waals surface area contributed by atoms with Gasteiger partial charge in [-0.2, -0.15) is 0 Å². The zero-order valence-corrected chi connectivity index (χ0v) is 14.8. The number of carbonyl (C=O) groups is 1. The molecule has 0 radical (unpaired) electrons. The third-order valence-electron chi connectivity index (χ3n) is 3.18. The molecule has 0 unspecified atom stereocenters. The molecule has 0 atom stereocenters. The topological polar surface area (TPSA) is 101 Å². The maximum atomic E-state index is 10.9. The van der Waals surface area contributed by atoms with Gasteiger partial charge >= 0.3 is 5.97 Å². The van der Waals surface area contributed by atoms with Gasteiger partial charge in [-0.25, -0.2) is 4.79 Å². The van der Waals surface area contributed by atoms with Gasteiger partial charge < -0.3 is 16.3 Å². The summed E-state index contributed by atoms with van der Waals surface area (Å²) in [6.45, 7) is 0. The van der Waals surface area contributed by atoms with Crippen LogP contribution in [0.2, 0.25) is 10.0 Å². The third-order valence-corrected chi connectivity index (χ3v) is 4.98. The summed E-state index contributed by atoms with van der Waals surface area (Å²) >= 11 is 13.4. The summed E-state index contributed by atoms with van der Waals surface area (Å²) in [6.07, 6.45) is 0. The molecule has 8 heteroatoms. The van der Waals surface area contributed by atoms with Gasteiger partial charge in [0, 0.05) is 10.6 Å². The molecule has 0 bridgehead atoms. The van der Waals surface area contributed by atoms with E-state index in [1.54, 1.807) is 12.1 Å². The molecule has 0 aromatic heterocycles. The third kappa shape index (κ3) is 4.58. The minimum absolute atomic E-state index is 0.170. The summed E-state index contributed by atoms with van der Waals surface area (Å²) in [4.78, 5) is 11.9. The first-order valence-electron chi connectivity index (χ1n) is 6.79. The number of carboxylic acid groups (broad SMARTS) is 1. The Morgan fingerprint density at radius 1 is 1.08 bits per heavy atom. The first-order chi connectivity index (χ1) is 11.4. The normalized spacial score (nSPS) is 11.8. The second kappa shape index (κ2) is 8.30. The number of nitrogens with one attached hydrogen (secondary N) is 1. The van der Waals surface area contributed by atoms with Crippen LogP contribution in [0.1, 0.15) is 0 Å². The lowest BCUT2D eigenvalue weighted by molar-refractivity contribution is -0.133. The largest absolute Gasteiger partial charge is 0.476 e. The summed E-state index contributed by atoms with van der Waals surface area (Å²) in [6, 6.07) is 13.2. The SMILES string of the molecule is NN/C(C(=O)O)=C(\N)CSc1ccc(-c2ccc(Cl)c(Cl)c2)cc1. The van der Waals surface area contributed by atoms with E-state index < -0.39 is 5.97 Å². The summed E-state index contributed by atoms with van der Waals surface area (Å²) in [5, 5.41) is 9.95. The Morgan fingerprint density at radius 2 is 1.71 bits per heavy atom. The molecule has 2 aromatic rings. The predicted octanol–water partition coefficient (Wildman–Crippen LogP) is 3.47. The highest BCUT2D eigenvalue weighted by Crippen LogP contribution is 2.30. The van der Waals surface area contributed by atoms with Gasteiger partial charge in [-0.15, -0.1) is 11.8 Å². The fourth-order valence-electron chi connectivity index (χ4n) is 1.94. The van der Waals surface area contributed by atoms with Crippen LogP contribution in [0.4, 0.5) is 0 Å². The number of rotatable bonds is 6. The highest BCUT2D eigenvalue weighted by atomic mass is 35.5. The molecule has 2 rings (SSSR count). The van der Waals surface area contributed by atoms with Crippen LogP contribution in [0.5, 0.6) is 0 Å². The lowest BCUT2D eigenvalue weighted by Gasteiger charge is -2.08. The zero-order valence-electron chi connectivity index (χ0n) is 12.4. The minimum Gasteiger partial charge on any atom is -0.476 e. The second-order valence-electron chi connectivity index (χ2n) is 4.79. The highest BCUT2D eigenvalue weighted by Gasteiger charge is 2.11. The molecule has 0 spiro atoms. The standard InChI is InChI=1S/C16H15Cl2N3O2S/c17-12-6-3-10(7-13(12)18)9-1-4-11(5-2-9)24-8-14(19)15(21-20)16(22)23/h1-7,21H,8,19-20H2,(H,22,23)/b15-14-. The van der Waals surface area contributed by atoms with Crippen molar-refractivity contribution in [2.75, 3.05) is 5.75 Å². The van der Waals surface area contributed by atoms with Crippen LogP contribution in [0.3, 0.4) is 0 Å². The number of thioether (sulfide) groups is 1. The average Bonchev–Trinajstić information content (AvgIpc) is 2.56. The fraction of sp³-hybridized carbons (Fsp3) is 0.0625. The Kier molecular flexibility index (Phi) is 6.39. The van der Waals surface area contributed by atoms with Crippen molar-refractivity contribution < 1.29 is 9.90 Å². The number of nitrogens with two attached hydrogens (primary N) is 2. The van der Waals surface area contributed by atoms with Gasteiger partial charge in [0.2, 0.25) is 0 Å². The molecular formula is C16H15Cl2N3O2S. The maximum Gasteiger partial charge on any atom is 0.355 e. The molecule has 5 nitrogen and oxygen atoms in total. The Labute approximate surface area is 153 Å². The van der Waals surface area contributed by atoms with Crippen LogP contribution in [-0.4, -0.2) is 16.8 Å². The molecule has 0 fully saturated rings. The molecule has 0 saturated heterocycles. The lowest BCUT2D eigenvalue weighted by atomic mass is 10.1. The molecule has 0 aliphatic rings. The molecule has 24 heavy (non-hydrogen) atoms. The van der Waals surface area contributed by atoms with Crippen LogP contribution in [-0.2, 0) is 4.79 Å². The van der Waals surface area contributed by atoms with E-state index >= 15 is 0 Å². The molecule has 0 amide bonds. The molecule has 0 heterocycles. The van der Waals surface area contributed by atoms with Crippen molar-refractivity contribution in [3.63, 3.8) is 0 Å². The Morgan fingerprint density at radius 3 is 2.25 bits per heavy atom. The first kappa shape index (κ1) is 18.5. The molecule has 126 valence electrons. The van der Waals surface area contributed by atoms with E-state index in [0.717, 1.165) is 16.0 Å². The number of hydrogen-bond donors (Lipinski definition) is 4. The molecule has 0 aliphatic heterocycles. The van der Waals surface area contributed by atoms with Gasteiger partial charge in [-0.05, 0) is 35.4 Å². The summed E-state index contributed by atoms with van der Waals surface area (Å²) < 4.78 is 0. The van der Waals surface area contributed by atoms with Crippen molar-refractivity contribution in [2.24, 2.45) is 11.6 Å². The molecule has 6 N–H and O–H groups in total. The Hall–Kier alpha value is -1.86. The van der Waals surface area contributed by atoms with Crippen LogP contribution in [0.25, 0.3) is 11.1 Å². The molecule has 0 aliphatic carbocycles. The van der Waals surface area contributed by atoms with Gasteiger partial charge in [0.25, 0.3) is 0 Å². The minimum atomic E-state index is -1.19. The van der Waals surface area contributed by atoms with Gasteiger partial charge in [0.05, 0.1) is 15.7 Å². The van der Waals surface area contributed by atoms with Crippen molar-refractivity contribution in [1.29, 1.82) is 0 Å². The first-order valence-corrected chi connectivity index (χ1v) is 8.53. The summed E-state index contributed by atoms with van der Waals surface area (Å²) in [5.41, 5.74) is 9.76. The average molecular weight is 384 g/mol. The summed E-state index contributed by atoms with van der Waals surface area (Å²) in [5.74, 6) is 4.27. The highest BCUT2D eigenvalue weighted by molar-refractivity contribution is 7.99. The van der Waals surface area contributed by atoms with Gasteiger partial charge in [-0.3, -0.25) is 5.84 Å². The number of hydrogen-bond acceptors (Lipinski definition) is 5. The quantitative estimate of drug-likeness (QED) is 0.263. The van der Waals surface area contributed by atoms with Crippen molar-refractivity contribution in [2.45, 2.75) is 4.90 Å². The summed E-state index contributed by atoms with van der Waals surface area (Å²) in [7, 11) is 0. The van der Waals surface area contributed by atoms with E-state index in [2.05, 4.69) is 5.43 Å². The van der Waals surface area contributed by atoms with E-state index in [-0.39, 0.29) is 11.4 Å².